The first-order chi connectivity index (χ1) is 12.8. The maximum absolute atomic E-state index is 13.2. The number of nitrogens with zero attached hydrogens (tertiary/aromatic N) is 2. The van der Waals surface area contributed by atoms with Crippen LogP contribution < -0.4 is 9.64 Å². The lowest BCUT2D eigenvalue weighted by atomic mass is 9.77. The van der Waals surface area contributed by atoms with Crippen LogP contribution in [-0.2, 0) is 4.79 Å². The molecule has 0 N–H and O–H groups in total. The molecule has 0 aliphatic carbocycles. The van der Waals surface area contributed by atoms with Crippen molar-refractivity contribution in [3.8, 4) is 16.9 Å². The Morgan fingerprint density at radius 3 is 2.54 bits per heavy atom. The molecule has 4 aliphatic rings. The number of methoxy groups -OCH3 is 1. The predicted molar refractivity (Wildman–Crippen MR) is 103 cm³/mol. The highest BCUT2D eigenvalue weighted by Gasteiger charge is 2.41. The first-order valence-electron chi connectivity index (χ1n) is 9.58. The summed E-state index contributed by atoms with van der Waals surface area (Å²) in [7, 11) is 1.69. The number of carbonyl (C=O) groups excluding carboxylic acids is 1. The van der Waals surface area contributed by atoms with Crippen molar-refractivity contribution in [3.05, 3.63) is 42.5 Å². The van der Waals surface area contributed by atoms with Crippen molar-refractivity contribution in [2.24, 2.45) is 11.8 Å². The number of rotatable bonds is 4. The van der Waals surface area contributed by atoms with Gasteiger partial charge in [-0.1, -0.05) is 30.3 Å². The van der Waals surface area contributed by atoms with Crippen LogP contribution >= 0.6 is 0 Å². The number of amides is 1. The molecule has 4 aliphatic heterocycles. The van der Waals surface area contributed by atoms with E-state index in [0.29, 0.717) is 12.3 Å². The average Bonchev–Trinajstić information content (AvgIpc) is 2.70. The maximum atomic E-state index is 13.2. The number of hydrogen-bond donors (Lipinski definition) is 0. The van der Waals surface area contributed by atoms with Gasteiger partial charge in [0.15, 0.2) is 5.75 Å². The second kappa shape index (κ2) is 6.13. The van der Waals surface area contributed by atoms with E-state index in [1.807, 2.05) is 29.2 Å². The Morgan fingerprint density at radius 2 is 1.88 bits per heavy atom. The fourth-order valence-electron chi connectivity index (χ4n) is 4.97. The summed E-state index contributed by atoms with van der Waals surface area (Å²) in [6.07, 6.45) is 3.14. The zero-order chi connectivity index (χ0) is 17.7. The SMILES string of the molecule is COc1c2ccc(-c3ccccc3)c1N2C(=O)CC1CN2CCC1CC2. The standard InChI is InChI=1S/C22H24N2O2/c1-26-22-19-8-7-18(16-5-3-2-4-6-16)21(22)24(19)20(25)13-17-14-23-11-9-15(17)10-12-23/h2-8,15,17H,9-14H2,1H3. The Hall–Kier alpha value is -2.33. The number of ether oxygens (including phenoxy) is 1. The topological polar surface area (TPSA) is 32.8 Å². The van der Waals surface area contributed by atoms with Gasteiger partial charge >= 0.3 is 0 Å². The fraction of sp³-hybridized carbons (Fsp3) is 0.409. The molecule has 4 nitrogen and oxygen atoms in total. The summed E-state index contributed by atoms with van der Waals surface area (Å²) < 4.78 is 5.59. The molecule has 0 saturated carbocycles. The van der Waals surface area contributed by atoms with Crippen LogP contribution in [0.2, 0.25) is 0 Å². The molecule has 3 saturated heterocycles. The minimum absolute atomic E-state index is 0.215. The zero-order valence-corrected chi connectivity index (χ0v) is 15.1. The Morgan fingerprint density at radius 1 is 1.12 bits per heavy atom. The molecule has 134 valence electrons. The molecule has 2 aromatic rings. The molecule has 2 aromatic carbocycles. The molecule has 0 spiro atoms. The molecule has 0 aromatic heterocycles. The van der Waals surface area contributed by atoms with Crippen molar-refractivity contribution in [3.63, 3.8) is 0 Å². The molecule has 1 amide bonds. The number of carbonyl (C=O) groups is 1. The lowest BCUT2D eigenvalue weighted by molar-refractivity contribution is -0.120. The van der Waals surface area contributed by atoms with Crippen LogP contribution in [0.5, 0.6) is 5.75 Å². The van der Waals surface area contributed by atoms with E-state index >= 15 is 0 Å². The summed E-state index contributed by atoms with van der Waals surface area (Å²) in [6, 6.07) is 14.3. The predicted octanol–water partition coefficient (Wildman–Crippen LogP) is 4.07. The van der Waals surface area contributed by atoms with Crippen LogP contribution in [0.4, 0.5) is 11.4 Å². The Balaban J connectivity index is 1.42. The normalized spacial score (nSPS) is 25.7. The molecule has 4 bridgehead atoms. The van der Waals surface area contributed by atoms with Crippen molar-refractivity contribution in [2.75, 3.05) is 31.6 Å². The average molecular weight is 348 g/mol. The summed E-state index contributed by atoms with van der Waals surface area (Å²) in [5.74, 6) is 2.28. The Kier molecular flexibility index (Phi) is 3.75. The lowest BCUT2D eigenvalue weighted by Gasteiger charge is -2.45. The number of piperidine rings is 3. The van der Waals surface area contributed by atoms with Crippen molar-refractivity contribution in [1.82, 2.24) is 4.90 Å². The van der Waals surface area contributed by atoms with E-state index < -0.39 is 0 Å². The van der Waals surface area contributed by atoms with E-state index in [2.05, 4.69) is 23.1 Å². The molecule has 1 unspecified atom stereocenters. The van der Waals surface area contributed by atoms with Crippen molar-refractivity contribution < 1.29 is 9.53 Å². The first-order valence-corrected chi connectivity index (χ1v) is 9.58. The second-order valence-electron chi connectivity index (χ2n) is 7.71. The van der Waals surface area contributed by atoms with Gasteiger partial charge in [-0.05, 0) is 55.5 Å². The molecule has 0 radical (unpaired) electrons. The molecular weight excluding hydrogens is 324 g/mol. The minimum atomic E-state index is 0.215. The van der Waals surface area contributed by atoms with E-state index in [0.717, 1.165) is 40.7 Å². The maximum Gasteiger partial charge on any atom is 0.232 e. The van der Waals surface area contributed by atoms with Crippen molar-refractivity contribution >= 4 is 17.3 Å². The monoisotopic (exact) mass is 348 g/mol. The van der Waals surface area contributed by atoms with Crippen LogP contribution in [0, 0.1) is 11.8 Å². The van der Waals surface area contributed by atoms with Crippen molar-refractivity contribution in [2.45, 2.75) is 19.3 Å². The van der Waals surface area contributed by atoms with Crippen molar-refractivity contribution in [1.29, 1.82) is 0 Å². The third-order valence-corrected chi connectivity index (χ3v) is 6.34. The van der Waals surface area contributed by atoms with Gasteiger partial charge in [-0.15, -0.1) is 0 Å². The van der Waals surface area contributed by atoms with Crippen LogP contribution in [0.25, 0.3) is 11.1 Å². The molecule has 3 fully saturated rings. The van der Waals surface area contributed by atoms with Crippen LogP contribution in [-0.4, -0.2) is 37.6 Å². The molecule has 6 rings (SSSR count). The minimum Gasteiger partial charge on any atom is -0.492 e. The molecular formula is C22H24N2O2. The van der Waals surface area contributed by atoms with E-state index in [4.69, 9.17) is 4.74 Å². The third kappa shape index (κ3) is 2.36. The zero-order valence-electron chi connectivity index (χ0n) is 15.1. The van der Waals surface area contributed by atoms with E-state index in [-0.39, 0.29) is 5.91 Å². The highest BCUT2D eigenvalue weighted by atomic mass is 16.5. The van der Waals surface area contributed by atoms with Crippen LogP contribution in [0.1, 0.15) is 19.3 Å². The molecule has 1 atom stereocenters. The second-order valence-corrected chi connectivity index (χ2v) is 7.71. The summed E-state index contributed by atoms with van der Waals surface area (Å²) in [6.45, 7) is 3.51. The van der Waals surface area contributed by atoms with Gasteiger partial charge in [0.1, 0.15) is 5.69 Å². The number of hydrogen-bond acceptors (Lipinski definition) is 3. The number of benzene rings is 2. The summed E-state index contributed by atoms with van der Waals surface area (Å²) in [5, 5.41) is 0. The first kappa shape index (κ1) is 15.9. The summed E-state index contributed by atoms with van der Waals surface area (Å²) in [4.78, 5) is 17.6. The number of fused-ring (bicyclic) bond motifs is 5. The van der Waals surface area contributed by atoms with Gasteiger partial charge in [-0.25, -0.2) is 0 Å². The Labute approximate surface area is 154 Å². The van der Waals surface area contributed by atoms with Gasteiger partial charge in [0.25, 0.3) is 0 Å². The molecule has 26 heavy (non-hydrogen) atoms. The van der Waals surface area contributed by atoms with Gasteiger partial charge in [0.2, 0.25) is 5.91 Å². The highest BCUT2D eigenvalue weighted by Crippen LogP contribution is 2.56. The van der Waals surface area contributed by atoms with Gasteiger partial charge < -0.3 is 9.64 Å². The van der Waals surface area contributed by atoms with E-state index in [1.165, 1.54) is 25.9 Å². The lowest BCUT2D eigenvalue weighted by Crippen LogP contribution is -2.49. The molecule has 4 heteroatoms. The highest BCUT2D eigenvalue weighted by molar-refractivity contribution is 6.15. The number of anilines is 2. The largest absolute Gasteiger partial charge is 0.492 e. The van der Waals surface area contributed by atoms with Gasteiger partial charge in [-0.2, -0.15) is 0 Å². The van der Waals surface area contributed by atoms with E-state index in [9.17, 15) is 4.79 Å². The summed E-state index contributed by atoms with van der Waals surface area (Å²) in [5.41, 5.74) is 4.03. The van der Waals surface area contributed by atoms with E-state index in [1.54, 1.807) is 7.11 Å². The van der Waals surface area contributed by atoms with Gasteiger partial charge in [0, 0.05) is 18.5 Å². The molecule has 4 heterocycles. The smallest absolute Gasteiger partial charge is 0.232 e. The van der Waals surface area contributed by atoms with Crippen LogP contribution in [0.3, 0.4) is 0 Å². The Bertz CT molecular complexity index is 841. The summed E-state index contributed by atoms with van der Waals surface area (Å²) >= 11 is 0. The fourth-order valence-corrected chi connectivity index (χ4v) is 4.97. The van der Waals surface area contributed by atoms with Gasteiger partial charge in [0.05, 0.1) is 12.8 Å². The quantitative estimate of drug-likeness (QED) is 0.835. The van der Waals surface area contributed by atoms with Gasteiger partial charge in [-0.3, -0.25) is 9.69 Å². The third-order valence-electron chi connectivity index (χ3n) is 6.34. The van der Waals surface area contributed by atoms with Crippen LogP contribution in [0.15, 0.2) is 42.5 Å².